The highest BCUT2D eigenvalue weighted by atomic mass is 19.1. The van der Waals surface area contributed by atoms with Crippen LogP contribution in [-0.4, -0.2) is 23.5 Å². The Balaban J connectivity index is 2.43. The van der Waals surface area contributed by atoms with Crippen LogP contribution in [0.4, 0.5) is 10.1 Å². The first kappa shape index (κ1) is 14.7. The van der Waals surface area contributed by atoms with Crippen LogP contribution in [-0.2, 0) is 4.79 Å². The van der Waals surface area contributed by atoms with Crippen molar-refractivity contribution < 1.29 is 19.1 Å². The predicted molar refractivity (Wildman–Crippen MR) is 76.9 cm³/mol. The molecule has 0 saturated carbocycles. The number of nitrogens with zero attached hydrogens (tertiary/aromatic N) is 1. The number of carboxylic acid groups (broad SMARTS) is 1. The summed E-state index contributed by atoms with van der Waals surface area (Å²) in [5.41, 5.74) is 0.994. The van der Waals surface area contributed by atoms with Crippen molar-refractivity contribution in [3.05, 3.63) is 65.5 Å². The van der Waals surface area contributed by atoms with E-state index in [-0.39, 0.29) is 5.56 Å². The van der Waals surface area contributed by atoms with E-state index in [1.807, 2.05) is 0 Å². The third kappa shape index (κ3) is 3.45. The van der Waals surface area contributed by atoms with Crippen LogP contribution < -0.4 is 4.90 Å². The Hall–Kier alpha value is -2.69. The van der Waals surface area contributed by atoms with Gasteiger partial charge in [-0.25, -0.2) is 4.39 Å². The van der Waals surface area contributed by atoms with Gasteiger partial charge in [0.1, 0.15) is 12.4 Å². The van der Waals surface area contributed by atoms with Gasteiger partial charge in [0.15, 0.2) is 0 Å². The molecular formula is C16H14FNO3. The summed E-state index contributed by atoms with van der Waals surface area (Å²) in [6, 6.07) is 12.5. The quantitative estimate of drug-likeness (QED) is 0.940. The van der Waals surface area contributed by atoms with Crippen molar-refractivity contribution in [2.45, 2.75) is 6.92 Å². The highest BCUT2D eigenvalue weighted by Crippen LogP contribution is 2.19. The molecule has 21 heavy (non-hydrogen) atoms. The second-order valence-electron chi connectivity index (χ2n) is 4.60. The lowest BCUT2D eigenvalue weighted by Crippen LogP contribution is -2.36. The second kappa shape index (κ2) is 6.17. The average Bonchev–Trinajstić information content (AvgIpc) is 2.47. The zero-order valence-corrected chi connectivity index (χ0v) is 11.4. The fraction of sp³-hybridized carbons (Fsp3) is 0.125. The molecule has 4 nitrogen and oxygen atoms in total. The monoisotopic (exact) mass is 287 g/mol. The van der Waals surface area contributed by atoms with E-state index in [0.717, 1.165) is 10.5 Å². The Morgan fingerprint density at radius 2 is 1.81 bits per heavy atom. The molecule has 1 amide bonds. The number of hydrogen-bond acceptors (Lipinski definition) is 2. The minimum absolute atomic E-state index is 0.139. The Labute approximate surface area is 121 Å². The minimum atomic E-state index is -1.17. The number of benzene rings is 2. The Morgan fingerprint density at radius 1 is 1.14 bits per heavy atom. The summed E-state index contributed by atoms with van der Waals surface area (Å²) in [6.07, 6.45) is 0. The standard InChI is InChI=1S/C16H14FNO3/c1-11-7-8-14(17)13(9-11)16(21)18(10-15(19)20)12-5-3-2-4-6-12/h2-9H,10H2,1H3,(H,19,20). The second-order valence-corrected chi connectivity index (χ2v) is 4.60. The molecule has 0 saturated heterocycles. The van der Waals surface area contributed by atoms with Crippen LogP contribution in [0.2, 0.25) is 0 Å². The molecule has 0 radical (unpaired) electrons. The van der Waals surface area contributed by atoms with Crippen molar-refractivity contribution in [3.63, 3.8) is 0 Å². The maximum absolute atomic E-state index is 13.8. The maximum Gasteiger partial charge on any atom is 0.323 e. The molecule has 0 aliphatic rings. The number of anilines is 1. The van der Waals surface area contributed by atoms with E-state index in [1.54, 1.807) is 43.3 Å². The Kier molecular flexibility index (Phi) is 4.33. The number of halogens is 1. The molecule has 2 aromatic carbocycles. The van der Waals surface area contributed by atoms with Gasteiger partial charge in [0.05, 0.1) is 5.56 Å². The smallest absolute Gasteiger partial charge is 0.323 e. The van der Waals surface area contributed by atoms with E-state index in [1.165, 1.54) is 12.1 Å². The molecule has 5 heteroatoms. The van der Waals surface area contributed by atoms with E-state index < -0.39 is 24.2 Å². The van der Waals surface area contributed by atoms with Gasteiger partial charge in [-0.05, 0) is 31.2 Å². The maximum atomic E-state index is 13.8. The van der Waals surface area contributed by atoms with Crippen molar-refractivity contribution in [3.8, 4) is 0 Å². The lowest BCUT2D eigenvalue weighted by Gasteiger charge is -2.21. The van der Waals surface area contributed by atoms with Gasteiger partial charge in [-0.15, -0.1) is 0 Å². The SMILES string of the molecule is Cc1ccc(F)c(C(=O)N(CC(=O)O)c2ccccc2)c1. The predicted octanol–water partition coefficient (Wildman–Crippen LogP) is 2.87. The summed E-state index contributed by atoms with van der Waals surface area (Å²) in [5, 5.41) is 8.98. The average molecular weight is 287 g/mol. The fourth-order valence-electron chi connectivity index (χ4n) is 1.97. The summed E-state index contributed by atoms with van der Waals surface area (Å²) < 4.78 is 13.8. The molecule has 0 spiro atoms. The third-order valence-corrected chi connectivity index (χ3v) is 2.96. The first-order chi connectivity index (χ1) is 9.99. The van der Waals surface area contributed by atoms with Gasteiger partial charge in [0.2, 0.25) is 0 Å². The summed E-state index contributed by atoms with van der Waals surface area (Å²) in [5.74, 6) is -2.51. The van der Waals surface area contributed by atoms with Gasteiger partial charge < -0.3 is 5.11 Å². The molecule has 0 aromatic heterocycles. The molecular weight excluding hydrogens is 273 g/mol. The van der Waals surface area contributed by atoms with Crippen molar-refractivity contribution >= 4 is 17.6 Å². The number of carbonyl (C=O) groups excluding carboxylic acids is 1. The zero-order valence-electron chi connectivity index (χ0n) is 11.4. The largest absolute Gasteiger partial charge is 0.480 e. The first-order valence-corrected chi connectivity index (χ1v) is 6.34. The number of para-hydroxylation sites is 1. The molecule has 0 unspecified atom stereocenters. The van der Waals surface area contributed by atoms with E-state index >= 15 is 0 Å². The number of carboxylic acids is 1. The van der Waals surface area contributed by atoms with Gasteiger partial charge in [0.25, 0.3) is 5.91 Å². The number of aliphatic carboxylic acids is 1. The molecule has 0 atom stereocenters. The summed E-state index contributed by atoms with van der Waals surface area (Å²) in [7, 11) is 0. The number of hydrogen-bond donors (Lipinski definition) is 1. The molecule has 2 rings (SSSR count). The van der Waals surface area contributed by atoms with Crippen molar-refractivity contribution in [1.82, 2.24) is 0 Å². The summed E-state index contributed by atoms with van der Waals surface area (Å²) >= 11 is 0. The van der Waals surface area contributed by atoms with E-state index in [2.05, 4.69) is 0 Å². The van der Waals surface area contributed by atoms with Gasteiger partial charge in [0, 0.05) is 5.69 Å². The molecule has 0 heterocycles. The first-order valence-electron chi connectivity index (χ1n) is 6.34. The van der Waals surface area contributed by atoms with Gasteiger partial charge in [-0.3, -0.25) is 14.5 Å². The topological polar surface area (TPSA) is 57.6 Å². The lowest BCUT2D eigenvalue weighted by atomic mass is 10.1. The molecule has 0 bridgehead atoms. The van der Waals surface area contributed by atoms with Gasteiger partial charge in [-0.2, -0.15) is 0 Å². The van der Waals surface area contributed by atoms with Crippen LogP contribution in [0.15, 0.2) is 48.5 Å². The van der Waals surface area contributed by atoms with E-state index in [4.69, 9.17) is 5.11 Å². The van der Waals surface area contributed by atoms with E-state index in [9.17, 15) is 14.0 Å². The molecule has 1 N–H and O–H groups in total. The van der Waals surface area contributed by atoms with Crippen molar-refractivity contribution in [1.29, 1.82) is 0 Å². The highest BCUT2D eigenvalue weighted by molar-refractivity contribution is 6.08. The van der Waals surface area contributed by atoms with Gasteiger partial charge in [-0.1, -0.05) is 29.8 Å². The summed E-state index contributed by atoms with van der Waals surface area (Å²) in [6.45, 7) is 1.20. The Bertz CT molecular complexity index is 670. The van der Waals surface area contributed by atoms with Crippen molar-refractivity contribution in [2.75, 3.05) is 11.4 Å². The Morgan fingerprint density at radius 3 is 2.43 bits per heavy atom. The molecule has 2 aromatic rings. The summed E-state index contributed by atoms with van der Waals surface area (Å²) in [4.78, 5) is 24.5. The number of amides is 1. The molecule has 0 fully saturated rings. The minimum Gasteiger partial charge on any atom is -0.480 e. The molecule has 108 valence electrons. The fourth-order valence-corrected chi connectivity index (χ4v) is 1.97. The number of carbonyl (C=O) groups is 2. The van der Waals surface area contributed by atoms with Crippen LogP contribution >= 0.6 is 0 Å². The van der Waals surface area contributed by atoms with Crippen LogP contribution in [0.1, 0.15) is 15.9 Å². The zero-order chi connectivity index (χ0) is 15.4. The van der Waals surface area contributed by atoms with Gasteiger partial charge >= 0.3 is 5.97 Å². The van der Waals surface area contributed by atoms with Crippen LogP contribution in [0.5, 0.6) is 0 Å². The van der Waals surface area contributed by atoms with Crippen molar-refractivity contribution in [2.24, 2.45) is 0 Å². The van der Waals surface area contributed by atoms with Crippen LogP contribution in [0.25, 0.3) is 0 Å². The van der Waals surface area contributed by atoms with E-state index in [0.29, 0.717) is 5.69 Å². The lowest BCUT2D eigenvalue weighted by molar-refractivity contribution is -0.135. The number of rotatable bonds is 4. The molecule has 0 aliphatic carbocycles. The highest BCUT2D eigenvalue weighted by Gasteiger charge is 2.23. The molecule has 0 aliphatic heterocycles. The number of aryl methyl sites for hydroxylation is 1. The van der Waals surface area contributed by atoms with Crippen LogP contribution in [0, 0.1) is 12.7 Å². The normalized spacial score (nSPS) is 10.2. The third-order valence-electron chi connectivity index (χ3n) is 2.96. The van der Waals surface area contributed by atoms with Crippen LogP contribution in [0.3, 0.4) is 0 Å².